The average Bonchev–Trinajstić information content (AvgIpc) is 2.27. The molecule has 19 heavy (non-hydrogen) atoms. The maximum atomic E-state index is 9.23. The number of benzene rings is 1. The fourth-order valence-electron chi connectivity index (χ4n) is 1.46. The molecule has 6 heteroatoms. The van der Waals surface area contributed by atoms with Gasteiger partial charge in [0.25, 0.3) is 0 Å². The molecule has 0 fully saturated rings. The number of nitriles is 1. The smallest absolute Gasteiger partial charge is 0.209 e. The van der Waals surface area contributed by atoms with E-state index >= 15 is 0 Å². The Balaban J connectivity index is 2.93. The molecule has 0 amide bonds. The molecule has 4 nitrogen and oxygen atoms in total. The average molecular weight is 388 g/mol. The van der Waals surface area contributed by atoms with Crippen LogP contribution in [0.4, 0.5) is 5.69 Å². The van der Waals surface area contributed by atoms with Crippen molar-refractivity contribution in [1.29, 1.82) is 10.7 Å². The number of nitrogens with one attached hydrogen (secondary N) is 2. The van der Waals surface area contributed by atoms with Crippen LogP contribution in [0.1, 0.15) is 27.2 Å². The number of rotatable bonds is 3. The van der Waals surface area contributed by atoms with Crippen LogP contribution >= 0.6 is 31.9 Å². The molecule has 0 bridgehead atoms. The van der Waals surface area contributed by atoms with E-state index in [0.29, 0.717) is 0 Å². The van der Waals surface area contributed by atoms with Crippen molar-refractivity contribution in [3.05, 3.63) is 27.1 Å². The van der Waals surface area contributed by atoms with Crippen molar-refractivity contribution in [2.45, 2.75) is 32.7 Å². The Morgan fingerprint density at radius 2 is 1.89 bits per heavy atom. The summed E-state index contributed by atoms with van der Waals surface area (Å²) < 4.78 is 1.80. The first kappa shape index (κ1) is 16.0. The van der Waals surface area contributed by atoms with Gasteiger partial charge >= 0.3 is 0 Å². The molecule has 0 saturated heterocycles. The lowest BCUT2D eigenvalue weighted by Gasteiger charge is -2.33. The van der Waals surface area contributed by atoms with Gasteiger partial charge in [-0.1, -0.05) is 38.8 Å². The van der Waals surface area contributed by atoms with Gasteiger partial charge < -0.3 is 5.32 Å². The third-order valence-electron chi connectivity index (χ3n) is 2.92. The van der Waals surface area contributed by atoms with Gasteiger partial charge in [-0.15, -0.1) is 0 Å². The summed E-state index contributed by atoms with van der Waals surface area (Å²) in [5, 5.41) is 20.2. The Kier molecular flexibility index (Phi) is 5.39. The van der Waals surface area contributed by atoms with Crippen molar-refractivity contribution in [2.24, 2.45) is 0 Å². The van der Waals surface area contributed by atoms with E-state index in [9.17, 15) is 5.26 Å². The molecule has 0 heterocycles. The Hall–Kier alpha value is -1.06. The van der Waals surface area contributed by atoms with Crippen molar-refractivity contribution < 1.29 is 0 Å². The van der Waals surface area contributed by atoms with E-state index < -0.39 is 0 Å². The molecular weight excluding hydrogens is 372 g/mol. The number of anilines is 1. The largest absolute Gasteiger partial charge is 0.325 e. The zero-order valence-electron chi connectivity index (χ0n) is 11.1. The van der Waals surface area contributed by atoms with Gasteiger partial charge in [-0.05, 0) is 38.5 Å². The molecule has 0 aliphatic rings. The van der Waals surface area contributed by atoms with Gasteiger partial charge in [0.1, 0.15) is 0 Å². The minimum Gasteiger partial charge on any atom is -0.325 e. The van der Waals surface area contributed by atoms with Crippen LogP contribution in [0.15, 0.2) is 27.1 Å². The molecule has 0 radical (unpaired) electrons. The van der Waals surface area contributed by atoms with Gasteiger partial charge in [0.2, 0.25) is 5.96 Å². The normalized spacial score (nSPS) is 10.7. The first-order chi connectivity index (χ1) is 8.80. The van der Waals surface area contributed by atoms with Gasteiger partial charge in [-0.2, -0.15) is 5.26 Å². The van der Waals surface area contributed by atoms with Gasteiger partial charge in [-0.25, -0.2) is 4.90 Å². The van der Waals surface area contributed by atoms with Gasteiger partial charge in [0.15, 0.2) is 6.19 Å². The maximum absolute atomic E-state index is 9.23. The van der Waals surface area contributed by atoms with Crippen LogP contribution in [-0.4, -0.2) is 16.4 Å². The van der Waals surface area contributed by atoms with Crippen LogP contribution < -0.4 is 5.32 Å². The first-order valence-corrected chi connectivity index (χ1v) is 7.40. The highest BCUT2D eigenvalue weighted by Gasteiger charge is 2.27. The molecular formula is C13H16Br2N4. The third kappa shape index (κ3) is 4.22. The second-order valence-electron chi connectivity index (χ2n) is 4.73. The molecule has 0 aliphatic heterocycles. The summed E-state index contributed by atoms with van der Waals surface area (Å²) in [5.41, 5.74) is 0.362. The molecule has 0 spiro atoms. The van der Waals surface area contributed by atoms with Crippen LogP contribution in [0.2, 0.25) is 0 Å². The fourth-order valence-corrected chi connectivity index (χ4v) is 2.76. The molecule has 2 N–H and O–H groups in total. The van der Waals surface area contributed by atoms with Crippen molar-refractivity contribution >= 4 is 43.5 Å². The summed E-state index contributed by atoms with van der Waals surface area (Å²) in [7, 11) is 0. The van der Waals surface area contributed by atoms with Crippen molar-refractivity contribution in [3.8, 4) is 6.19 Å². The number of guanidine groups is 1. The second kappa shape index (κ2) is 6.40. The lowest BCUT2D eigenvalue weighted by Crippen LogP contribution is -2.46. The zero-order valence-corrected chi connectivity index (χ0v) is 14.3. The van der Waals surface area contributed by atoms with Gasteiger partial charge in [0.05, 0.1) is 5.54 Å². The van der Waals surface area contributed by atoms with Crippen LogP contribution in [0.3, 0.4) is 0 Å². The van der Waals surface area contributed by atoms with Crippen LogP contribution in [0.5, 0.6) is 0 Å². The first-order valence-electron chi connectivity index (χ1n) is 5.82. The fraction of sp³-hybridized carbons (Fsp3) is 0.385. The molecule has 1 aromatic carbocycles. The van der Waals surface area contributed by atoms with E-state index in [4.69, 9.17) is 5.41 Å². The van der Waals surface area contributed by atoms with Crippen molar-refractivity contribution in [1.82, 2.24) is 4.90 Å². The Bertz CT molecular complexity index is 500. The number of nitrogens with zero attached hydrogens (tertiary/aromatic N) is 2. The maximum Gasteiger partial charge on any atom is 0.209 e. The third-order valence-corrected chi connectivity index (χ3v) is 3.84. The van der Waals surface area contributed by atoms with Crippen LogP contribution in [0.25, 0.3) is 0 Å². The summed E-state index contributed by atoms with van der Waals surface area (Å²) >= 11 is 6.78. The van der Waals surface area contributed by atoms with Crippen LogP contribution in [-0.2, 0) is 0 Å². The highest BCUT2D eigenvalue weighted by atomic mass is 79.9. The predicted molar refractivity (Wildman–Crippen MR) is 85.0 cm³/mol. The second-order valence-corrected chi connectivity index (χ2v) is 6.56. The molecule has 102 valence electrons. The molecule has 0 aromatic heterocycles. The Labute approximate surface area is 130 Å². The molecule has 0 aliphatic carbocycles. The van der Waals surface area contributed by atoms with Gasteiger partial charge in [-0.3, -0.25) is 5.41 Å². The van der Waals surface area contributed by atoms with Gasteiger partial charge in [0, 0.05) is 14.6 Å². The highest BCUT2D eigenvalue weighted by Crippen LogP contribution is 2.24. The van der Waals surface area contributed by atoms with E-state index in [1.54, 1.807) is 0 Å². The van der Waals surface area contributed by atoms with E-state index in [1.807, 2.05) is 39.0 Å². The van der Waals surface area contributed by atoms with E-state index in [1.165, 1.54) is 4.90 Å². The molecule has 0 unspecified atom stereocenters. The quantitative estimate of drug-likeness (QED) is 0.346. The lowest BCUT2D eigenvalue weighted by atomic mass is 10.0. The summed E-state index contributed by atoms with van der Waals surface area (Å²) in [5.74, 6) is 0.0688. The predicted octanol–water partition coefficient (Wildman–Crippen LogP) is 4.53. The Morgan fingerprint density at radius 3 is 2.32 bits per heavy atom. The van der Waals surface area contributed by atoms with Crippen molar-refractivity contribution in [2.75, 3.05) is 5.32 Å². The van der Waals surface area contributed by atoms with Crippen molar-refractivity contribution in [3.63, 3.8) is 0 Å². The summed E-state index contributed by atoms with van der Waals surface area (Å²) in [4.78, 5) is 1.38. The van der Waals surface area contributed by atoms with E-state index in [0.717, 1.165) is 21.1 Å². The number of hydrogen-bond acceptors (Lipinski definition) is 2. The molecule has 0 saturated carbocycles. The molecule has 1 rings (SSSR count). The summed E-state index contributed by atoms with van der Waals surface area (Å²) in [6.07, 6.45) is 2.84. The van der Waals surface area contributed by atoms with Crippen LogP contribution in [0, 0.1) is 16.9 Å². The topological polar surface area (TPSA) is 62.9 Å². The summed E-state index contributed by atoms with van der Waals surface area (Å²) in [6, 6.07) is 5.62. The molecule has 1 aromatic rings. The van der Waals surface area contributed by atoms with E-state index in [2.05, 4.69) is 43.4 Å². The number of hydrogen-bond donors (Lipinski definition) is 2. The zero-order chi connectivity index (χ0) is 14.6. The minimum absolute atomic E-state index is 0.0688. The SMILES string of the molecule is CCC(C)(C)N(C#N)C(=N)Nc1cc(Br)cc(Br)c1. The standard InChI is InChI=1S/C13H16Br2N4/c1-4-13(2,3)19(8-16)12(17)18-11-6-9(14)5-10(15)7-11/h5-7H,4H2,1-3H3,(H2,17,18). The lowest BCUT2D eigenvalue weighted by molar-refractivity contribution is 0.281. The summed E-state index contributed by atoms with van der Waals surface area (Å²) in [6.45, 7) is 5.86. The molecule has 0 atom stereocenters. The number of halogens is 2. The minimum atomic E-state index is -0.387. The monoisotopic (exact) mass is 386 g/mol. The Morgan fingerprint density at radius 1 is 1.37 bits per heavy atom. The van der Waals surface area contributed by atoms with E-state index in [-0.39, 0.29) is 11.5 Å². The highest BCUT2D eigenvalue weighted by molar-refractivity contribution is 9.11.